The number of piperidine rings is 1. The average molecular weight is 382 g/mol. The van der Waals surface area contributed by atoms with Crippen molar-refractivity contribution in [1.29, 1.82) is 0 Å². The van der Waals surface area contributed by atoms with Crippen LogP contribution in [0.5, 0.6) is 0 Å². The van der Waals surface area contributed by atoms with Gasteiger partial charge in [-0.3, -0.25) is 9.79 Å². The van der Waals surface area contributed by atoms with Crippen LogP contribution in [0, 0.1) is 0 Å². The summed E-state index contributed by atoms with van der Waals surface area (Å²) < 4.78 is 0. The van der Waals surface area contributed by atoms with Crippen LogP contribution >= 0.6 is 11.6 Å². The van der Waals surface area contributed by atoms with E-state index >= 15 is 0 Å². The Hall–Kier alpha value is -2.59. The van der Waals surface area contributed by atoms with E-state index in [4.69, 9.17) is 17.3 Å². The third-order valence-electron chi connectivity index (χ3n) is 4.94. The smallest absolute Gasteiger partial charge is 0.219 e. The third-order valence-corrected chi connectivity index (χ3v) is 5.20. The second-order valence-electron chi connectivity index (χ2n) is 6.75. The van der Waals surface area contributed by atoms with Crippen LogP contribution in [0.3, 0.4) is 0 Å². The number of allylic oxidation sites excluding steroid dienone is 1. The molecular formula is C22H24ClN3O. The molecule has 1 fully saturated rings. The summed E-state index contributed by atoms with van der Waals surface area (Å²) in [6.45, 7) is 2.84. The zero-order valence-corrected chi connectivity index (χ0v) is 16.5. The first-order valence-corrected chi connectivity index (χ1v) is 9.39. The van der Waals surface area contributed by atoms with E-state index in [2.05, 4.69) is 29.3 Å². The molecule has 1 aliphatic rings. The molecular weight excluding hydrogens is 358 g/mol. The summed E-state index contributed by atoms with van der Waals surface area (Å²) in [6.07, 6.45) is 1.39. The minimum Gasteiger partial charge on any atom is -0.401 e. The molecule has 0 spiro atoms. The first-order valence-electron chi connectivity index (χ1n) is 9.02. The van der Waals surface area contributed by atoms with Gasteiger partial charge in [0.2, 0.25) is 5.91 Å². The van der Waals surface area contributed by atoms with Crippen molar-refractivity contribution >= 4 is 23.2 Å². The fourth-order valence-electron chi connectivity index (χ4n) is 3.34. The van der Waals surface area contributed by atoms with Gasteiger partial charge in [-0.05, 0) is 28.8 Å². The largest absolute Gasteiger partial charge is 0.401 e. The highest BCUT2D eigenvalue weighted by Crippen LogP contribution is 2.23. The zero-order valence-electron chi connectivity index (χ0n) is 15.7. The second kappa shape index (κ2) is 8.40. The van der Waals surface area contributed by atoms with E-state index in [1.54, 1.807) is 14.0 Å². The van der Waals surface area contributed by atoms with Gasteiger partial charge in [-0.2, -0.15) is 0 Å². The molecule has 2 N–H and O–H groups in total. The van der Waals surface area contributed by atoms with Crippen LogP contribution in [0.2, 0.25) is 5.02 Å². The number of halogens is 1. The predicted octanol–water partition coefficient (Wildman–Crippen LogP) is 4.09. The van der Waals surface area contributed by atoms with Crippen molar-refractivity contribution in [3.05, 3.63) is 70.4 Å². The molecule has 0 bridgehead atoms. The van der Waals surface area contributed by atoms with Crippen LogP contribution in [-0.4, -0.2) is 36.7 Å². The number of rotatable bonds is 3. The molecule has 2 aromatic carbocycles. The van der Waals surface area contributed by atoms with Gasteiger partial charge in [0.05, 0.1) is 0 Å². The Morgan fingerprint density at radius 3 is 2.26 bits per heavy atom. The van der Waals surface area contributed by atoms with Crippen molar-refractivity contribution in [3.8, 4) is 11.1 Å². The van der Waals surface area contributed by atoms with Gasteiger partial charge >= 0.3 is 0 Å². The Morgan fingerprint density at radius 2 is 1.70 bits per heavy atom. The van der Waals surface area contributed by atoms with Crippen molar-refractivity contribution in [2.24, 2.45) is 10.7 Å². The van der Waals surface area contributed by atoms with E-state index in [9.17, 15) is 4.79 Å². The van der Waals surface area contributed by atoms with E-state index in [1.807, 2.05) is 29.2 Å². The highest BCUT2D eigenvalue weighted by atomic mass is 35.5. The van der Waals surface area contributed by atoms with Crippen LogP contribution in [0.25, 0.3) is 11.1 Å². The Kier molecular flexibility index (Phi) is 5.97. The molecule has 0 saturated carbocycles. The molecule has 5 heteroatoms. The number of hydrogen-bond acceptors (Lipinski definition) is 3. The van der Waals surface area contributed by atoms with Crippen molar-refractivity contribution in [1.82, 2.24) is 4.90 Å². The van der Waals surface area contributed by atoms with Gasteiger partial charge in [-0.25, -0.2) is 0 Å². The lowest BCUT2D eigenvalue weighted by molar-refractivity contribution is -0.128. The number of hydrogen-bond donors (Lipinski definition) is 1. The summed E-state index contributed by atoms with van der Waals surface area (Å²) >= 11 is 5.96. The first-order chi connectivity index (χ1) is 13.0. The van der Waals surface area contributed by atoms with Gasteiger partial charge in [0, 0.05) is 61.9 Å². The van der Waals surface area contributed by atoms with Gasteiger partial charge in [-0.1, -0.05) is 48.0 Å². The number of carbonyl (C=O) groups is 1. The molecule has 2 aromatic rings. The lowest BCUT2D eigenvalue weighted by Gasteiger charge is -2.30. The highest BCUT2D eigenvalue weighted by Gasteiger charge is 2.23. The molecule has 27 heavy (non-hydrogen) atoms. The van der Waals surface area contributed by atoms with Gasteiger partial charge in [0.15, 0.2) is 0 Å². The molecule has 1 aliphatic heterocycles. The van der Waals surface area contributed by atoms with E-state index in [0.29, 0.717) is 19.5 Å². The lowest BCUT2D eigenvalue weighted by Crippen LogP contribution is -2.40. The normalized spacial score (nSPS) is 17.9. The summed E-state index contributed by atoms with van der Waals surface area (Å²) in [5.41, 5.74) is 12.6. The van der Waals surface area contributed by atoms with Crippen LogP contribution in [0.15, 0.2) is 64.8 Å². The highest BCUT2D eigenvalue weighted by molar-refractivity contribution is 6.30. The summed E-state index contributed by atoms with van der Waals surface area (Å²) in [5, 5.41) is 0.732. The summed E-state index contributed by atoms with van der Waals surface area (Å²) in [6, 6.07) is 16.2. The molecule has 1 amide bonds. The quantitative estimate of drug-likeness (QED) is 0.870. The van der Waals surface area contributed by atoms with Gasteiger partial charge < -0.3 is 10.6 Å². The molecule has 3 rings (SSSR count). The van der Waals surface area contributed by atoms with Crippen molar-refractivity contribution in [2.75, 3.05) is 20.1 Å². The monoisotopic (exact) mass is 381 g/mol. The number of likely N-dealkylation sites (tertiary alicyclic amines) is 1. The number of nitrogens with two attached hydrogens (primary N) is 1. The number of nitrogens with zero attached hydrogens (tertiary/aromatic N) is 2. The molecule has 1 saturated heterocycles. The van der Waals surface area contributed by atoms with Crippen LogP contribution < -0.4 is 5.73 Å². The Labute approximate surface area is 165 Å². The number of aliphatic imine (C=N–C) groups is 1. The maximum absolute atomic E-state index is 11.7. The minimum absolute atomic E-state index is 0.0720. The lowest BCUT2D eigenvalue weighted by atomic mass is 9.96. The molecule has 0 unspecified atom stereocenters. The number of carbonyl (C=O) groups excluding carboxylic acids is 1. The first kappa shape index (κ1) is 19.2. The van der Waals surface area contributed by atoms with Gasteiger partial charge in [0.25, 0.3) is 0 Å². The molecule has 1 heterocycles. The Bertz CT molecular complexity index is 883. The number of benzene rings is 2. The summed E-state index contributed by atoms with van der Waals surface area (Å²) in [4.78, 5) is 17.9. The van der Waals surface area contributed by atoms with E-state index < -0.39 is 0 Å². The molecule has 0 radical (unpaired) electrons. The maximum atomic E-state index is 11.7. The molecule has 0 aromatic heterocycles. The minimum atomic E-state index is 0.0720. The average Bonchev–Trinajstić information content (AvgIpc) is 2.68. The molecule has 4 nitrogen and oxygen atoms in total. The third kappa shape index (κ3) is 4.58. The van der Waals surface area contributed by atoms with Crippen LogP contribution in [-0.2, 0) is 11.2 Å². The summed E-state index contributed by atoms with van der Waals surface area (Å²) in [7, 11) is 1.78. The standard InChI is InChI=1S/C22H24ClN3O/c1-15(27)26-12-11-22(25-2)20(14-26)21(24)13-16-3-5-17(6-4-16)18-7-9-19(23)10-8-18/h3-10H,11-14,24H2,1-2H3. The van der Waals surface area contributed by atoms with Crippen LogP contribution in [0.4, 0.5) is 0 Å². The molecule has 140 valence electrons. The molecule has 0 atom stereocenters. The van der Waals surface area contributed by atoms with Gasteiger partial charge in [0.1, 0.15) is 0 Å². The zero-order chi connectivity index (χ0) is 19.4. The van der Waals surface area contributed by atoms with Crippen LogP contribution in [0.1, 0.15) is 18.9 Å². The van der Waals surface area contributed by atoms with E-state index in [-0.39, 0.29) is 5.91 Å². The molecule has 0 aliphatic carbocycles. The SMILES string of the molecule is CN=C1CCN(C(C)=O)CC1=C(N)Cc1ccc(-c2ccc(Cl)cc2)cc1. The fraction of sp³-hybridized carbons (Fsp3) is 0.273. The Balaban J connectivity index is 1.79. The second-order valence-corrected chi connectivity index (χ2v) is 7.18. The summed E-state index contributed by atoms with van der Waals surface area (Å²) in [5.74, 6) is 0.0720. The fourth-order valence-corrected chi connectivity index (χ4v) is 3.47. The Morgan fingerprint density at radius 1 is 1.11 bits per heavy atom. The van der Waals surface area contributed by atoms with Crippen molar-refractivity contribution in [2.45, 2.75) is 19.8 Å². The predicted molar refractivity (Wildman–Crippen MR) is 112 cm³/mol. The topological polar surface area (TPSA) is 58.7 Å². The van der Waals surface area contributed by atoms with E-state index in [1.165, 1.54) is 0 Å². The van der Waals surface area contributed by atoms with Crippen molar-refractivity contribution in [3.63, 3.8) is 0 Å². The number of amides is 1. The van der Waals surface area contributed by atoms with Crippen molar-refractivity contribution < 1.29 is 4.79 Å². The van der Waals surface area contributed by atoms with Gasteiger partial charge in [-0.15, -0.1) is 0 Å². The van der Waals surface area contributed by atoms with E-state index in [0.717, 1.165) is 45.1 Å². The maximum Gasteiger partial charge on any atom is 0.219 e.